The van der Waals surface area contributed by atoms with Gasteiger partial charge in [0.15, 0.2) is 0 Å². The first kappa shape index (κ1) is 12.7. The molecule has 0 fully saturated rings. The zero-order chi connectivity index (χ0) is 11.4. The first-order valence-electron chi connectivity index (χ1n) is 5.45. The molecule has 0 aliphatic heterocycles. The quantitative estimate of drug-likeness (QED) is 0.869. The number of rotatable bonds is 4. The van der Waals surface area contributed by atoms with Crippen LogP contribution in [0.3, 0.4) is 0 Å². The molecule has 0 saturated heterocycles. The van der Waals surface area contributed by atoms with E-state index in [9.17, 15) is 5.11 Å². The maximum Gasteiger partial charge on any atom is 0.0801 e. The molecule has 1 unspecified atom stereocenters. The fraction of sp³-hybridized carbons (Fsp3) is 0.538. The zero-order valence-corrected chi connectivity index (χ0v) is 11.2. The van der Waals surface area contributed by atoms with Crippen molar-refractivity contribution >= 4 is 15.9 Å². The van der Waals surface area contributed by atoms with E-state index in [0.29, 0.717) is 5.92 Å². The minimum atomic E-state index is -0.346. The molecule has 0 heterocycles. The van der Waals surface area contributed by atoms with Crippen molar-refractivity contribution in [1.82, 2.24) is 0 Å². The average Bonchev–Trinajstić information content (AvgIpc) is 2.18. The fourth-order valence-corrected chi connectivity index (χ4v) is 2.08. The Hall–Kier alpha value is -0.340. The first-order chi connectivity index (χ1) is 7.00. The third-order valence-electron chi connectivity index (χ3n) is 2.53. The lowest BCUT2D eigenvalue weighted by atomic mass is 9.99. The average molecular weight is 271 g/mol. The van der Waals surface area contributed by atoms with E-state index in [4.69, 9.17) is 0 Å². The number of hydrogen-bond donors (Lipinski definition) is 1. The minimum Gasteiger partial charge on any atom is -0.388 e. The van der Waals surface area contributed by atoms with Gasteiger partial charge in [-0.2, -0.15) is 0 Å². The van der Waals surface area contributed by atoms with Crippen molar-refractivity contribution in [3.63, 3.8) is 0 Å². The van der Waals surface area contributed by atoms with E-state index in [0.717, 1.165) is 22.9 Å². The summed E-state index contributed by atoms with van der Waals surface area (Å²) >= 11 is 3.48. The minimum absolute atomic E-state index is 0.346. The van der Waals surface area contributed by atoms with E-state index in [1.165, 1.54) is 5.56 Å². The number of aliphatic hydroxyl groups is 1. The Labute approximate surface area is 101 Å². The smallest absolute Gasteiger partial charge is 0.0801 e. The summed E-state index contributed by atoms with van der Waals surface area (Å²) in [5, 5.41) is 10.0. The molecule has 1 aromatic carbocycles. The Balaban J connectivity index is 2.72. The summed E-state index contributed by atoms with van der Waals surface area (Å²) in [6.07, 6.45) is 1.54. The highest BCUT2D eigenvalue weighted by Crippen LogP contribution is 2.28. The molecule has 0 amide bonds. The highest BCUT2D eigenvalue weighted by Gasteiger charge is 2.11. The van der Waals surface area contributed by atoms with Crippen LogP contribution in [0.2, 0.25) is 0 Å². The van der Waals surface area contributed by atoms with Gasteiger partial charge in [0, 0.05) is 4.47 Å². The molecule has 84 valence electrons. The summed E-state index contributed by atoms with van der Waals surface area (Å²) in [4.78, 5) is 0. The Morgan fingerprint density at radius 2 is 1.93 bits per heavy atom. The van der Waals surface area contributed by atoms with Gasteiger partial charge in [-0.15, -0.1) is 0 Å². The van der Waals surface area contributed by atoms with Gasteiger partial charge in [0.2, 0.25) is 0 Å². The predicted molar refractivity (Wildman–Crippen MR) is 67.9 cm³/mol. The summed E-state index contributed by atoms with van der Waals surface area (Å²) < 4.78 is 1.00. The van der Waals surface area contributed by atoms with Gasteiger partial charge in [-0.25, -0.2) is 0 Å². The van der Waals surface area contributed by atoms with Crippen LogP contribution in [0.1, 0.15) is 43.9 Å². The molecule has 2 heteroatoms. The van der Waals surface area contributed by atoms with Gasteiger partial charge in [-0.05, 0) is 37.3 Å². The van der Waals surface area contributed by atoms with Gasteiger partial charge in [0.05, 0.1) is 6.10 Å². The molecule has 0 radical (unpaired) electrons. The Bertz CT molecular complexity index is 320. The number of aryl methyl sites for hydroxylation is 1. The second-order valence-electron chi connectivity index (χ2n) is 4.51. The van der Waals surface area contributed by atoms with Crippen LogP contribution in [0.25, 0.3) is 0 Å². The second-order valence-corrected chi connectivity index (χ2v) is 5.37. The molecule has 1 N–H and O–H groups in total. The topological polar surface area (TPSA) is 20.2 Å². The van der Waals surface area contributed by atoms with Gasteiger partial charge in [-0.1, -0.05) is 47.5 Å². The molecule has 0 aliphatic carbocycles. The lowest BCUT2D eigenvalue weighted by molar-refractivity contribution is 0.158. The Kier molecular flexibility index (Phi) is 4.81. The van der Waals surface area contributed by atoms with Crippen LogP contribution in [-0.4, -0.2) is 5.11 Å². The number of benzene rings is 1. The van der Waals surface area contributed by atoms with Crippen LogP contribution in [0.15, 0.2) is 22.7 Å². The summed E-state index contributed by atoms with van der Waals surface area (Å²) in [6, 6.07) is 6.10. The van der Waals surface area contributed by atoms with E-state index >= 15 is 0 Å². The van der Waals surface area contributed by atoms with E-state index < -0.39 is 0 Å². The predicted octanol–water partition coefficient (Wildman–Crippen LogP) is 4.23. The molecule has 1 aromatic rings. The van der Waals surface area contributed by atoms with Gasteiger partial charge in [-0.3, -0.25) is 0 Å². The van der Waals surface area contributed by atoms with Gasteiger partial charge >= 0.3 is 0 Å². The standard InChI is InChI=1S/C13H19BrO/c1-9(2)4-7-13(15)11-8-10(3)5-6-12(11)14/h5-6,8-9,13,15H,4,7H2,1-3H3. The summed E-state index contributed by atoms with van der Waals surface area (Å²) in [7, 11) is 0. The van der Waals surface area contributed by atoms with Crippen molar-refractivity contribution in [2.45, 2.75) is 39.7 Å². The van der Waals surface area contributed by atoms with Crippen molar-refractivity contribution in [1.29, 1.82) is 0 Å². The Morgan fingerprint density at radius 3 is 2.53 bits per heavy atom. The van der Waals surface area contributed by atoms with Crippen LogP contribution in [-0.2, 0) is 0 Å². The van der Waals surface area contributed by atoms with Crippen molar-refractivity contribution in [3.8, 4) is 0 Å². The highest BCUT2D eigenvalue weighted by molar-refractivity contribution is 9.10. The maximum absolute atomic E-state index is 10.0. The molecular weight excluding hydrogens is 252 g/mol. The van der Waals surface area contributed by atoms with Crippen molar-refractivity contribution in [2.75, 3.05) is 0 Å². The van der Waals surface area contributed by atoms with Crippen molar-refractivity contribution < 1.29 is 5.11 Å². The van der Waals surface area contributed by atoms with Crippen LogP contribution in [0, 0.1) is 12.8 Å². The van der Waals surface area contributed by atoms with E-state index in [1.807, 2.05) is 19.1 Å². The molecule has 0 saturated carbocycles. The third-order valence-corrected chi connectivity index (χ3v) is 3.25. The summed E-state index contributed by atoms with van der Waals surface area (Å²) in [6.45, 7) is 6.40. The van der Waals surface area contributed by atoms with Gasteiger partial charge in [0.25, 0.3) is 0 Å². The number of aliphatic hydroxyl groups excluding tert-OH is 1. The monoisotopic (exact) mass is 270 g/mol. The van der Waals surface area contributed by atoms with E-state index in [2.05, 4.69) is 35.8 Å². The van der Waals surface area contributed by atoms with E-state index in [1.54, 1.807) is 0 Å². The summed E-state index contributed by atoms with van der Waals surface area (Å²) in [5.41, 5.74) is 2.20. The van der Waals surface area contributed by atoms with Crippen LogP contribution in [0.5, 0.6) is 0 Å². The molecular formula is C13H19BrO. The largest absolute Gasteiger partial charge is 0.388 e. The normalized spacial score (nSPS) is 13.2. The van der Waals surface area contributed by atoms with Crippen LogP contribution in [0.4, 0.5) is 0 Å². The maximum atomic E-state index is 10.0. The molecule has 0 spiro atoms. The SMILES string of the molecule is Cc1ccc(Br)c(C(O)CCC(C)C)c1. The fourth-order valence-electron chi connectivity index (χ4n) is 1.57. The molecule has 1 rings (SSSR count). The lowest BCUT2D eigenvalue weighted by Gasteiger charge is -2.14. The van der Waals surface area contributed by atoms with Crippen LogP contribution < -0.4 is 0 Å². The molecule has 1 nitrogen and oxygen atoms in total. The van der Waals surface area contributed by atoms with Crippen molar-refractivity contribution in [3.05, 3.63) is 33.8 Å². The van der Waals surface area contributed by atoms with Gasteiger partial charge in [0.1, 0.15) is 0 Å². The van der Waals surface area contributed by atoms with Crippen LogP contribution >= 0.6 is 15.9 Å². The van der Waals surface area contributed by atoms with Gasteiger partial charge < -0.3 is 5.11 Å². The number of halogens is 1. The summed E-state index contributed by atoms with van der Waals surface area (Å²) in [5.74, 6) is 0.642. The molecule has 0 bridgehead atoms. The molecule has 0 aliphatic rings. The van der Waals surface area contributed by atoms with E-state index in [-0.39, 0.29) is 6.10 Å². The highest BCUT2D eigenvalue weighted by atomic mass is 79.9. The van der Waals surface area contributed by atoms with Crippen molar-refractivity contribution in [2.24, 2.45) is 5.92 Å². The molecule has 1 atom stereocenters. The molecule has 0 aromatic heterocycles. The lowest BCUT2D eigenvalue weighted by Crippen LogP contribution is -2.01. The molecule has 15 heavy (non-hydrogen) atoms. The number of hydrogen-bond acceptors (Lipinski definition) is 1. The second kappa shape index (κ2) is 5.66. The Morgan fingerprint density at radius 1 is 1.27 bits per heavy atom. The zero-order valence-electron chi connectivity index (χ0n) is 9.63. The third kappa shape index (κ3) is 3.96. The first-order valence-corrected chi connectivity index (χ1v) is 6.24.